The van der Waals surface area contributed by atoms with Gasteiger partial charge in [0.1, 0.15) is 0 Å². The molecule has 10 heteroatoms. The maximum absolute atomic E-state index is 12.0. The second-order valence-electron chi connectivity index (χ2n) is 3.13. The molecule has 0 amide bonds. The van der Waals surface area contributed by atoms with Crippen LogP contribution < -0.4 is 21.3 Å². The van der Waals surface area contributed by atoms with Crippen LogP contribution in [0, 0.1) is 0 Å². The molecule has 1 aromatic heterocycles. The van der Waals surface area contributed by atoms with Crippen LogP contribution in [-0.4, -0.2) is 34.3 Å². The maximum Gasteiger partial charge on any atom is 0.390 e. The third-order valence-corrected chi connectivity index (χ3v) is 1.71. The SMILES string of the molecule is CCOc1nc(NN)nc(NCCC(F)(F)F)n1. The molecule has 4 N–H and O–H groups in total. The lowest BCUT2D eigenvalue weighted by molar-refractivity contribution is -0.131. The van der Waals surface area contributed by atoms with Gasteiger partial charge in [-0.15, -0.1) is 0 Å². The molecule has 0 unspecified atom stereocenters. The molecule has 0 radical (unpaired) electrons. The van der Waals surface area contributed by atoms with Gasteiger partial charge in [0.2, 0.25) is 11.9 Å². The van der Waals surface area contributed by atoms with E-state index in [1.54, 1.807) is 6.92 Å². The van der Waals surface area contributed by atoms with Gasteiger partial charge in [0, 0.05) is 6.54 Å². The largest absolute Gasteiger partial charge is 0.464 e. The van der Waals surface area contributed by atoms with Gasteiger partial charge >= 0.3 is 12.2 Å². The highest BCUT2D eigenvalue weighted by Crippen LogP contribution is 2.19. The van der Waals surface area contributed by atoms with Gasteiger partial charge in [0.05, 0.1) is 13.0 Å². The zero-order chi connectivity index (χ0) is 13.6. The molecule has 0 aliphatic heterocycles. The summed E-state index contributed by atoms with van der Waals surface area (Å²) in [4.78, 5) is 11.3. The molecule has 0 aromatic carbocycles. The Morgan fingerprint density at radius 2 is 1.89 bits per heavy atom. The third kappa shape index (κ3) is 4.99. The van der Waals surface area contributed by atoms with Gasteiger partial charge in [-0.25, -0.2) is 5.84 Å². The first-order valence-corrected chi connectivity index (χ1v) is 5.10. The van der Waals surface area contributed by atoms with Gasteiger partial charge in [-0.2, -0.15) is 28.1 Å². The second-order valence-corrected chi connectivity index (χ2v) is 3.13. The van der Waals surface area contributed by atoms with E-state index >= 15 is 0 Å². The van der Waals surface area contributed by atoms with Crippen molar-refractivity contribution < 1.29 is 17.9 Å². The topological polar surface area (TPSA) is 98.0 Å². The van der Waals surface area contributed by atoms with Crippen LogP contribution >= 0.6 is 0 Å². The molecule has 0 fully saturated rings. The molecule has 18 heavy (non-hydrogen) atoms. The highest BCUT2D eigenvalue weighted by atomic mass is 19.4. The summed E-state index contributed by atoms with van der Waals surface area (Å²) in [7, 11) is 0. The molecular weight excluding hydrogens is 253 g/mol. The van der Waals surface area contributed by atoms with E-state index < -0.39 is 12.6 Å². The minimum Gasteiger partial charge on any atom is -0.464 e. The second kappa shape index (κ2) is 6.19. The van der Waals surface area contributed by atoms with Crippen LogP contribution in [0.3, 0.4) is 0 Å². The predicted octanol–water partition coefficient (Wildman–Crippen LogP) is 0.920. The monoisotopic (exact) mass is 266 g/mol. The van der Waals surface area contributed by atoms with Crippen molar-refractivity contribution in [2.75, 3.05) is 23.9 Å². The number of ether oxygens (including phenoxy) is 1. The Morgan fingerprint density at radius 3 is 2.44 bits per heavy atom. The van der Waals surface area contributed by atoms with Crippen molar-refractivity contribution >= 4 is 11.9 Å². The number of nitrogens with one attached hydrogen (secondary N) is 2. The van der Waals surface area contributed by atoms with Gasteiger partial charge in [-0.1, -0.05) is 0 Å². The van der Waals surface area contributed by atoms with Gasteiger partial charge in [-0.05, 0) is 6.92 Å². The van der Waals surface area contributed by atoms with Crippen molar-refractivity contribution in [3.05, 3.63) is 0 Å². The summed E-state index contributed by atoms with van der Waals surface area (Å²) in [6.07, 6.45) is -5.23. The standard InChI is InChI=1S/C8H13F3N6O/c1-2-18-7-15-5(14-6(16-7)17-12)13-4-3-8(9,10)11/h2-4,12H2,1H3,(H2,13,14,15,16,17). The molecule has 0 aliphatic rings. The Labute approximate surface area is 101 Å². The molecule has 1 aromatic rings. The predicted molar refractivity (Wildman–Crippen MR) is 58.0 cm³/mol. The van der Waals surface area contributed by atoms with E-state index in [0.717, 1.165) is 0 Å². The zero-order valence-corrected chi connectivity index (χ0v) is 9.58. The van der Waals surface area contributed by atoms with Gasteiger partial charge in [-0.3, -0.25) is 5.43 Å². The number of nitrogens with zero attached hydrogens (tertiary/aromatic N) is 3. The Morgan fingerprint density at radius 1 is 1.22 bits per heavy atom. The van der Waals surface area contributed by atoms with Crippen LogP contribution in [0.4, 0.5) is 25.1 Å². The number of nitrogen functional groups attached to an aromatic ring is 1. The lowest BCUT2D eigenvalue weighted by Crippen LogP contribution is -2.18. The van der Waals surface area contributed by atoms with Crippen molar-refractivity contribution in [1.82, 2.24) is 15.0 Å². The smallest absolute Gasteiger partial charge is 0.390 e. The molecule has 7 nitrogen and oxygen atoms in total. The Bertz CT molecular complexity index is 386. The number of aromatic nitrogens is 3. The van der Waals surface area contributed by atoms with E-state index in [2.05, 4.69) is 25.7 Å². The van der Waals surface area contributed by atoms with Crippen LogP contribution in [0.15, 0.2) is 0 Å². The number of nitrogens with two attached hydrogens (primary N) is 1. The highest BCUT2D eigenvalue weighted by molar-refractivity contribution is 5.34. The van der Waals surface area contributed by atoms with Crippen LogP contribution in [0.25, 0.3) is 0 Å². The summed E-state index contributed by atoms with van der Waals surface area (Å²) in [5.74, 6) is 5.08. The van der Waals surface area contributed by atoms with E-state index in [4.69, 9.17) is 10.6 Å². The average Bonchev–Trinajstić information content (AvgIpc) is 2.27. The average molecular weight is 266 g/mol. The van der Waals surface area contributed by atoms with E-state index in [9.17, 15) is 13.2 Å². The van der Waals surface area contributed by atoms with Crippen molar-refractivity contribution in [3.8, 4) is 6.01 Å². The quantitative estimate of drug-likeness (QED) is 0.520. The first-order valence-electron chi connectivity index (χ1n) is 5.10. The fraction of sp³-hybridized carbons (Fsp3) is 0.625. The zero-order valence-electron chi connectivity index (χ0n) is 9.58. The van der Waals surface area contributed by atoms with Crippen molar-refractivity contribution in [3.63, 3.8) is 0 Å². The molecule has 0 spiro atoms. The lowest BCUT2D eigenvalue weighted by Gasteiger charge is -2.09. The number of hydrazine groups is 1. The van der Waals surface area contributed by atoms with Crippen LogP contribution in [0.5, 0.6) is 6.01 Å². The maximum atomic E-state index is 12.0. The van der Waals surface area contributed by atoms with E-state index in [1.807, 2.05) is 0 Å². The third-order valence-electron chi connectivity index (χ3n) is 1.71. The molecule has 0 aliphatic carbocycles. The Balaban J connectivity index is 2.66. The first-order chi connectivity index (χ1) is 8.44. The highest BCUT2D eigenvalue weighted by Gasteiger charge is 2.26. The molecule has 0 saturated carbocycles. The summed E-state index contributed by atoms with van der Waals surface area (Å²) >= 11 is 0. The molecular formula is C8H13F3N6O. The number of hydrogen-bond donors (Lipinski definition) is 3. The molecule has 1 rings (SSSR count). The van der Waals surface area contributed by atoms with Crippen LogP contribution in [-0.2, 0) is 0 Å². The Hall–Kier alpha value is -1.84. The molecule has 0 atom stereocenters. The summed E-state index contributed by atoms with van der Waals surface area (Å²) in [6, 6.07) is -0.0186. The normalized spacial score (nSPS) is 11.2. The number of hydrogen-bond acceptors (Lipinski definition) is 7. The summed E-state index contributed by atoms with van der Waals surface area (Å²) in [5, 5.41) is 2.42. The van der Waals surface area contributed by atoms with Gasteiger partial charge in [0.25, 0.3) is 0 Å². The summed E-state index contributed by atoms with van der Waals surface area (Å²) < 4.78 is 40.9. The first kappa shape index (κ1) is 14.2. The minimum absolute atomic E-state index is 0.00274. The number of anilines is 2. The molecule has 0 saturated heterocycles. The number of alkyl halides is 3. The van der Waals surface area contributed by atoms with E-state index in [1.165, 1.54) is 0 Å². The molecule has 102 valence electrons. The lowest BCUT2D eigenvalue weighted by atomic mass is 10.4. The minimum atomic E-state index is -4.24. The van der Waals surface area contributed by atoms with E-state index in [-0.39, 0.29) is 24.5 Å². The van der Waals surface area contributed by atoms with Crippen LogP contribution in [0.1, 0.15) is 13.3 Å². The fourth-order valence-electron chi connectivity index (χ4n) is 1.01. The van der Waals surface area contributed by atoms with Gasteiger partial charge < -0.3 is 10.1 Å². The van der Waals surface area contributed by atoms with Crippen molar-refractivity contribution in [2.45, 2.75) is 19.5 Å². The number of halogens is 3. The van der Waals surface area contributed by atoms with Crippen molar-refractivity contribution in [1.29, 1.82) is 0 Å². The Kier molecular flexibility index (Phi) is 4.89. The van der Waals surface area contributed by atoms with Crippen LogP contribution in [0.2, 0.25) is 0 Å². The fourth-order valence-corrected chi connectivity index (χ4v) is 1.01. The van der Waals surface area contributed by atoms with Crippen molar-refractivity contribution in [2.24, 2.45) is 5.84 Å². The molecule has 1 heterocycles. The summed E-state index contributed by atoms with van der Waals surface area (Å²) in [6.45, 7) is 1.69. The molecule has 0 bridgehead atoms. The van der Waals surface area contributed by atoms with E-state index in [0.29, 0.717) is 6.61 Å². The number of rotatable bonds is 6. The summed E-state index contributed by atoms with van der Waals surface area (Å²) in [5.41, 5.74) is 2.17. The van der Waals surface area contributed by atoms with Gasteiger partial charge in [0.15, 0.2) is 0 Å².